The van der Waals surface area contributed by atoms with Crippen molar-refractivity contribution in [2.45, 2.75) is 12.8 Å². The van der Waals surface area contributed by atoms with Crippen LogP contribution in [0, 0.1) is 5.41 Å². The van der Waals surface area contributed by atoms with E-state index < -0.39 is 0 Å². The normalized spacial score (nSPS) is 17.9. The Labute approximate surface area is 87.3 Å². The van der Waals surface area contributed by atoms with Crippen LogP contribution >= 0.6 is 11.6 Å². The van der Waals surface area contributed by atoms with Crippen molar-refractivity contribution in [3.63, 3.8) is 0 Å². The zero-order valence-electron chi connectivity index (χ0n) is 7.70. The van der Waals surface area contributed by atoms with Gasteiger partial charge in [0.05, 0.1) is 19.0 Å². The van der Waals surface area contributed by atoms with Crippen molar-refractivity contribution in [1.82, 2.24) is 9.97 Å². The minimum atomic E-state index is 0.0734. The molecule has 0 aromatic carbocycles. The van der Waals surface area contributed by atoms with Crippen molar-refractivity contribution in [3.05, 3.63) is 17.5 Å². The Morgan fingerprint density at radius 3 is 2.86 bits per heavy atom. The molecule has 0 spiro atoms. The molecule has 5 heteroatoms. The molecule has 1 aliphatic carbocycles. The van der Waals surface area contributed by atoms with Crippen LogP contribution in [0.2, 0.25) is 5.15 Å². The van der Waals surface area contributed by atoms with Gasteiger partial charge in [0.2, 0.25) is 0 Å². The summed E-state index contributed by atoms with van der Waals surface area (Å²) in [6.45, 7) is 0.965. The number of nitrogens with one attached hydrogen (secondary N) is 1. The van der Waals surface area contributed by atoms with E-state index in [4.69, 9.17) is 16.7 Å². The lowest BCUT2D eigenvalue weighted by atomic mass is 10.1. The predicted octanol–water partition coefficient (Wildman–Crippen LogP) is 1.31. The smallest absolute Gasteiger partial charge is 0.149 e. The average molecular weight is 214 g/mol. The van der Waals surface area contributed by atoms with E-state index >= 15 is 0 Å². The highest BCUT2D eigenvalue weighted by Crippen LogP contribution is 2.44. The van der Waals surface area contributed by atoms with Gasteiger partial charge in [-0.05, 0) is 12.8 Å². The molecule has 0 unspecified atom stereocenters. The zero-order valence-corrected chi connectivity index (χ0v) is 8.46. The molecule has 1 aromatic rings. The molecular weight excluding hydrogens is 202 g/mol. The van der Waals surface area contributed by atoms with Gasteiger partial charge in [-0.15, -0.1) is 0 Å². The van der Waals surface area contributed by atoms with Gasteiger partial charge in [-0.3, -0.25) is 4.98 Å². The minimum absolute atomic E-state index is 0.0734. The molecule has 2 N–H and O–H groups in total. The van der Waals surface area contributed by atoms with Gasteiger partial charge >= 0.3 is 0 Å². The van der Waals surface area contributed by atoms with Crippen LogP contribution in [0.5, 0.6) is 0 Å². The Morgan fingerprint density at radius 2 is 2.29 bits per heavy atom. The van der Waals surface area contributed by atoms with Crippen LogP contribution in [0.1, 0.15) is 12.8 Å². The van der Waals surface area contributed by atoms with E-state index in [0.717, 1.165) is 19.4 Å². The van der Waals surface area contributed by atoms with Crippen LogP contribution < -0.4 is 5.32 Å². The fourth-order valence-corrected chi connectivity index (χ4v) is 1.42. The van der Waals surface area contributed by atoms with Gasteiger partial charge in [0, 0.05) is 12.0 Å². The maximum atomic E-state index is 9.09. The fraction of sp³-hybridized carbons (Fsp3) is 0.556. The van der Waals surface area contributed by atoms with Crippen molar-refractivity contribution in [2.75, 3.05) is 18.5 Å². The number of aromatic nitrogens is 2. The largest absolute Gasteiger partial charge is 0.396 e. The summed E-state index contributed by atoms with van der Waals surface area (Å²) in [5.74, 6) is 0.664. The molecule has 0 amide bonds. The molecule has 1 saturated carbocycles. The number of nitrogens with zero attached hydrogens (tertiary/aromatic N) is 2. The first-order chi connectivity index (χ1) is 6.74. The maximum Gasteiger partial charge on any atom is 0.149 e. The molecule has 0 atom stereocenters. The molecular formula is C9H12ClN3O. The number of rotatable bonds is 4. The molecule has 1 heterocycles. The minimum Gasteiger partial charge on any atom is -0.396 e. The van der Waals surface area contributed by atoms with Crippen LogP contribution in [0.3, 0.4) is 0 Å². The molecule has 14 heavy (non-hydrogen) atoms. The number of hydrogen-bond donors (Lipinski definition) is 2. The first-order valence-electron chi connectivity index (χ1n) is 4.56. The van der Waals surface area contributed by atoms with Gasteiger partial charge in [0.1, 0.15) is 11.0 Å². The quantitative estimate of drug-likeness (QED) is 0.792. The van der Waals surface area contributed by atoms with Crippen LogP contribution in [0.15, 0.2) is 12.4 Å². The highest BCUT2D eigenvalue weighted by atomic mass is 35.5. The number of anilines is 1. The fourth-order valence-electron chi connectivity index (χ4n) is 1.27. The molecule has 4 nitrogen and oxygen atoms in total. The Hall–Kier alpha value is -0.870. The van der Waals surface area contributed by atoms with E-state index in [1.165, 1.54) is 6.20 Å². The second-order valence-corrected chi connectivity index (χ2v) is 4.13. The Kier molecular flexibility index (Phi) is 2.56. The molecule has 1 aliphatic rings. The Bertz CT molecular complexity index is 328. The third-order valence-corrected chi connectivity index (χ3v) is 2.72. The first kappa shape index (κ1) is 9.68. The standard InChI is InChI=1S/C9H12ClN3O/c10-7-3-11-4-8(13-7)12-5-9(6-14)1-2-9/h3-4,14H,1-2,5-6H2,(H,12,13). The van der Waals surface area contributed by atoms with Crippen molar-refractivity contribution in [2.24, 2.45) is 5.41 Å². The van der Waals surface area contributed by atoms with Crippen molar-refractivity contribution in [3.8, 4) is 0 Å². The van der Waals surface area contributed by atoms with Gasteiger partial charge in [0.15, 0.2) is 0 Å². The third kappa shape index (κ3) is 2.13. The van der Waals surface area contributed by atoms with E-state index in [9.17, 15) is 0 Å². The van der Waals surface area contributed by atoms with Crippen LogP contribution in [0.4, 0.5) is 5.82 Å². The van der Waals surface area contributed by atoms with Gasteiger partial charge in [0.25, 0.3) is 0 Å². The van der Waals surface area contributed by atoms with Gasteiger partial charge in [-0.1, -0.05) is 11.6 Å². The lowest BCUT2D eigenvalue weighted by Gasteiger charge is -2.12. The van der Waals surface area contributed by atoms with Crippen LogP contribution in [0.25, 0.3) is 0 Å². The molecule has 2 rings (SSSR count). The molecule has 76 valence electrons. The summed E-state index contributed by atoms with van der Waals surface area (Å²) in [6.07, 6.45) is 5.26. The summed E-state index contributed by atoms with van der Waals surface area (Å²) in [4.78, 5) is 7.96. The molecule has 0 bridgehead atoms. The lowest BCUT2D eigenvalue weighted by molar-refractivity contribution is 0.219. The topological polar surface area (TPSA) is 58.0 Å². The Morgan fingerprint density at radius 1 is 1.50 bits per heavy atom. The number of halogens is 1. The summed E-state index contributed by atoms with van der Waals surface area (Å²) in [5, 5.41) is 12.6. The highest BCUT2D eigenvalue weighted by Gasteiger charge is 2.41. The first-order valence-corrected chi connectivity index (χ1v) is 4.94. The van der Waals surface area contributed by atoms with Gasteiger partial charge in [-0.2, -0.15) is 0 Å². The second kappa shape index (κ2) is 3.71. The van der Waals surface area contributed by atoms with E-state index in [0.29, 0.717) is 11.0 Å². The predicted molar refractivity (Wildman–Crippen MR) is 54.3 cm³/mol. The number of aliphatic hydroxyl groups excluding tert-OH is 1. The van der Waals surface area contributed by atoms with Crippen LogP contribution in [-0.2, 0) is 0 Å². The monoisotopic (exact) mass is 213 g/mol. The van der Waals surface area contributed by atoms with Gasteiger partial charge < -0.3 is 10.4 Å². The summed E-state index contributed by atoms with van der Waals surface area (Å²) < 4.78 is 0. The molecule has 0 aliphatic heterocycles. The van der Waals surface area contributed by atoms with Crippen LogP contribution in [-0.4, -0.2) is 28.2 Å². The molecule has 0 saturated heterocycles. The van der Waals surface area contributed by atoms with E-state index in [1.54, 1.807) is 6.20 Å². The lowest BCUT2D eigenvalue weighted by Crippen LogP contribution is -2.19. The molecule has 1 aromatic heterocycles. The second-order valence-electron chi connectivity index (χ2n) is 3.74. The van der Waals surface area contributed by atoms with Crippen molar-refractivity contribution in [1.29, 1.82) is 0 Å². The highest BCUT2D eigenvalue weighted by molar-refractivity contribution is 6.29. The average Bonchev–Trinajstić information content (AvgIpc) is 2.96. The SMILES string of the molecule is OCC1(CNc2cncc(Cl)n2)CC1. The summed E-state index contributed by atoms with van der Waals surface area (Å²) in [5.41, 5.74) is 0.0734. The zero-order chi connectivity index (χ0) is 10.0. The van der Waals surface area contributed by atoms with Gasteiger partial charge in [-0.25, -0.2) is 4.98 Å². The van der Waals surface area contributed by atoms with E-state index in [2.05, 4.69) is 15.3 Å². The van der Waals surface area contributed by atoms with E-state index in [1.807, 2.05) is 0 Å². The third-order valence-electron chi connectivity index (χ3n) is 2.54. The summed E-state index contributed by atoms with van der Waals surface area (Å²) in [7, 11) is 0. The van der Waals surface area contributed by atoms with E-state index in [-0.39, 0.29) is 12.0 Å². The van der Waals surface area contributed by atoms with Crippen molar-refractivity contribution < 1.29 is 5.11 Å². The van der Waals surface area contributed by atoms with Crippen molar-refractivity contribution >= 4 is 17.4 Å². The molecule has 0 radical (unpaired) electrons. The summed E-state index contributed by atoms with van der Waals surface area (Å²) in [6, 6.07) is 0. The number of hydrogen-bond acceptors (Lipinski definition) is 4. The summed E-state index contributed by atoms with van der Waals surface area (Å²) >= 11 is 5.68. The molecule has 1 fully saturated rings. The Balaban J connectivity index is 1.92. The number of aliphatic hydroxyl groups is 1. The maximum absolute atomic E-state index is 9.09.